The van der Waals surface area contributed by atoms with Crippen molar-refractivity contribution in [1.82, 2.24) is 0 Å². The van der Waals surface area contributed by atoms with Gasteiger partial charge in [0.25, 0.3) is 0 Å². The standard InChI is InChI=1S/C13H14O2S/c14-16(15,13-10-6-3-7-11-13)12-8-4-1-2-5-9-12/h3-12H,1-2H2. The molecule has 0 aromatic heterocycles. The van der Waals surface area contributed by atoms with Crippen molar-refractivity contribution in [2.45, 2.75) is 23.0 Å². The summed E-state index contributed by atoms with van der Waals surface area (Å²) in [6.07, 6.45) is 9.24. The van der Waals surface area contributed by atoms with Gasteiger partial charge in [0.1, 0.15) is 5.25 Å². The zero-order valence-corrected chi connectivity index (χ0v) is 9.73. The zero-order chi connectivity index (χ0) is 11.4. The second-order valence-corrected chi connectivity index (χ2v) is 5.86. The Hall–Kier alpha value is -1.35. The van der Waals surface area contributed by atoms with Crippen molar-refractivity contribution in [1.29, 1.82) is 0 Å². The minimum Gasteiger partial charge on any atom is -0.223 e. The first-order chi connectivity index (χ1) is 7.71. The van der Waals surface area contributed by atoms with Gasteiger partial charge in [-0.1, -0.05) is 42.5 Å². The molecule has 0 saturated heterocycles. The summed E-state index contributed by atoms with van der Waals surface area (Å²) in [4.78, 5) is 0.385. The van der Waals surface area contributed by atoms with Gasteiger partial charge in [0.2, 0.25) is 0 Å². The van der Waals surface area contributed by atoms with Gasteiger partial charge in [0.15, 0.2) is 9.84 Å². The van der Waals surface area contributed by atoms with Crippen LogP contribution in [0.5, 0.6) is 0 Å². The third-order valence-corrected chi connectivity index (χ3v) is 4.54. The zero-order valence-electron chi connectivity index (χ0n) is 8.91. The van der Waals surface area contributed by atoms with Gasteiger partial charge in [-0.2, -0.15) is 0 Å². The second-order valence-electron chi connectivity index (χ2n) is 3.76. The number of hydrogen-bond donors (Lipinski definition) is 0. The van der Waals surface area contributed by atoms with E-state index in [9.17, 15) is 8.42 Å². The average molecular weight is 234 g/mol. The first-order valence-corrected chi connectivity index (χ1v) is 6.88. The van der Waals surface area contributed by atoms with Crippen molar-refractivity contribution in [2.24, 2.45) is 0 Å². The molecule has 0 radical (unpaired) electrons. The molecule has 2 rings (SSSR count). The summed E-state index contributed by atoms with van der Waals surface area (Å²) >= 11 is 0. The predicted molar refractivity (Wildman–Crippen MR) is 64.9 cm³/mol. The summed E-state index contributed by atoms with van der Waals surface area (Å²) in [7, 11) is -3.26. The van der Waals surface area contributed by atoms with Crippen molar-refractivity contribution in [3.8, 4) is 0 Å². The third-order valence-electron chi connectivity index (χ3n) is 2.58. The predicted octanol–water partition coefficient (Wildman–Crippen LogP) is 2.74. The van der Waals surface area contributed by atoms with Gasteiger partial charge in [0, 0.05) is 0 Å². The molecular formula is C13H14O2S. The van der Waals surface area contributed by atoms with Gasteiger partial charge in [-0.15, -0.1) is 0 Å². The molecular weight excluding hydrogens is 220 g/mol. The van der Waals surface area contributed by atoms with E-state index < -0.39 is 15.1 Å². The normalized spacial score (nSPS) is 17.2. The number of sulfone groups is 1. The van der Waals surface area contributed by atoms with Crippen molar-refractivity contribution in [3.63, 3.8) is 0 Å². The van der Waals surface area contributed by atoms with Crippen molar-refractivity contribution >= 4 is 9.84 Å². The summed E-state index contributed by atoms with van der Waals surface area (Å²) < 4.78 is 24.5. The minimum absolute atomic E-state index is 0.385. The highest BCUT2D eigenvalue weighted by Crippen LogP contribution is 2.19. The van der Waals surface area contributed by atoms with Crippen LogP contribution in [0.4, 0.5) is 0 Å². The number of hydrogen-bond acceptors (Lipinski definition) is 2. The maximum atomic E-state index is 12.2. The van der Waals surface area contributed by atoms with Gasteiger partial charge >= 0.3 is 0 Å². The molecule has 2 nitrogen and oxygen atoms in total. The van der Waals surface area contributed by atoms with Crippen molar-refractivity contribution < 1.29 is 8.42 Å². The third kappa shape index (κ3) is 2.25. The van der Waals surface area contributed by atoms with Gasteiger partial charge in [0.05, 0.1) is 4.90 Å². The Bertz CT molecular complexity index is 484. The van der Waals surface area contributed by atoms with Crippen LogP contribution in [0.3, 0.4) is 0 Å². The molecule has 3 heteroatoms. The molecule has 0 amide bonds. The van der Waals surface area contributed by atoms with E-state index in [2.05, 4.69) is 0 Å². The molecule has 0 unspecified atom stereocenters. The molecule has 0 spiro atoms. The molecule has 1 aromatic rings. The van der Waals surface area contributed by atoms with Crippen LogP contribution in [0.1, 0.15) is 12.8 Å². The van der Waals surface area contributed by atoms with Gasteiger partial charge in [-0.05, 0) is 25.0 Å². The van der Waals surface area contributed by atoms with E-state index in [1.165, 1.54) is 0 Å². The lowest BCUT2D eigenvalue weighted by atomic mass is 10.3. The summed E-state index contributed by atoms with van der Waals surface area (Å²) in [5, 5.41) is -0.516. The fourth-order valence-corrected chi connectivity index (χ4v) is 3.18. The highest BCUT2D eigenvalue weighted by atomic mass is 32.2. The Morgan fingerprint density at radius 2 is 1.50 bits per heavy atom. The van der Waals surface area contributed by atoms with Crippen LogP contribution < -0.4 is 0 Å². The number of rotatable bonds is 2. The number of allylic oxidation sites excluding steroid dienone is 2. The van der Waals surface area contributed by atoms with E-state index in [0.29, 0.717) is 4.90 Å². The molecule has 0 atom stereocenters. The maximum Gasteiger partial charge on any atom is 0.188 e. The van der Waals surface area contributed by atoms with Gasteiger partial charge < -0.3 is 0 Å². The topological polar surface area (TPSA) is 34.1 Å². The smallest absolute Gasteiger partial charge is 0.188 e. The monoisotopic (exact) mass is 234 g/mol. The molecule has 84 valence electrons. The lowest BCUT2D eigenvalue weighted by Gasteiger charge is -2.09. The average Bonchev–Trinajstić information content (AvgIpc) is 2.59. The van der Waals surface area contributed by atoms with E-state index in [4.69, 9.17) is 0 Å². The Kier molecular flexibility index (Phi) is 3.25. The fourth-order valence-electron chi connectivity index (χ4n) is 1.69. The van der Waals surface area contributed by atoms with Crippen LogP contribution in [0.25, 0.3) is 0 Å². The molecule has 0 bridgehead atoms. The van der Waals surface area contributed by atoms with Gasteiger partial charge in [-0.25, -0.2) is 8.42 Å². The molecule has 0 saturated carbocycles. The quantitative estimate of drug-likeness (QED) is 0.737. The summed E-state index contributed by atoms with van der Waals surface area (Å²) in [6.45, 7) is 0. The van der Waals surface area contributed by atoms with Crippen LogP contribution in [0.2, 0.25) is 0 Å². The first-order valence-electron chi connectivity index (χ1n) is 5.33. The van der Waals surface area contributed by atoms with E-state index in [1.807, 2.05) is 18.2 Å². The van der Waals surface area contributed by atoms with Crippen LogP contribution in [-0.4, -0.2) is 13.7 Å². The Morgan fingerprint density at radius 3 is 2.06 bits per heavy atom. The van der Waals surface area contributed by atoms with Gasteiger partial charge in [-0.3, -0.25) is 0 Å². The summed E-state index contributed by atoms with van der Waals surface area (Å²) in [5.41, 5.74) is 0. The molecule has 0 heterocycles. The fraction of sp³-hybridized carbons (Fsp3) is 0.231. The van der Waals surface area contributed by atoms with Crippen molar-refractivity contribution in [2.75, 3.05) is 0 Å². The minimum atomic E-state index is -3.26. The maximum absolute atomic E-state index is 12.2. The lowest BCUT2D eigenvalue weighted by molar-refractivity contribution is 0.594. The summed E-state index contributed by atoms with van der Waals surface area (Å²) in [6, 6.07) is 8.59. The highest BCUT2D eigenvalue weighted by molar-refractivity contribution is 7.92. The highest BCUT2D eigenvalue weighted by Gasteiger charge is 2.22. The van der Waals surface area contributed by atoms with E-state index >= 15 is 0 Å². The van der Waals surface area contributed by atoms with Crippen LogP contribution in [0, 0.1) is 0 Å². The number of benzene rings is 1. The molecule has 1 aromatic carbocycles. The first kappa shape index (κ1) is 11.1. The molecule has 16 heavy (non-hydrogen) atoms. The van der Waals surface area contributed by atoms with E-state index in [1.54, 1.807) is 36.4 Å². The largest absolute Gasteiger partial charge is 0.223 e. The Balaban J connectivity index is 2.39. The Labute approximate surface area is 96.2 Å². The molecule has 0 fully saturated rings. The van der Waals surface area contributed by atoms with Crippen LogP contribution in [-0.2, 0) is 9.84 Å². The molecule has 1 aliphatic carbocycles. The summed E-state index contributed by atoms with van der Waals surface area (Å²) in [5.74, 6) is 0. The molecule has 0 N–H and O–H groups in total. The molecule has 0 aliphatic heterocycles. The SMILES string of the molecule is O=S(=O)(c1ccccc1)C1C=CCCC=C1. The van der Waals surface area contributed by atoms with Crippen LogP contribution in [0.15, 0.2) is 59.5 Å². The van der Waals surface area contributed by atoms with Crippen molar-refractivity contribution in [3.05, 3.63) is 54.6 Å². The Morgan fingerprint density at radius 1 is 0.938 bits per heavy atom. The lowest BCUT2D eigenvalue weighted by Crippen LogP contribution is -2.16. The van der Waals surface area contributed by atoms with E-state index in [-0.39, 0.29) is 0 Å². The second kappa shape index (κ2) is 4.66. The molecule has 1 aliphatic rings. The van der Waals surface area contributed by atoms with Crippen LogP contribution >= 0.6 is 0 Å². The van der Waals surface area contributed by atoms with E-state index in [0.717, 1.165) is 12.8 Å².